The second-order valence-corrected chi connectivity index (χ2v) is 6.27. The van der Waals surface area contributed by atoms with Gasteiger partial charge >= 0.3 is 11.9 Å². The molecule has 30 heavy (non-hydrogen) atoms. The smallest absolute Gasteiger partial charge is 0.355 e. The van der Waals surface area contributed by atoms with E-state index in [9.17, 15) is 9.59 Å². The summed E-state index contributed by atoms with van der Waals surface area (Å²) in [5.74, 6) is -0.267. The Hall–Kier alpha value is -4.01. The number of rotatable bonds is 4. The van der Waals surface area contributed by atoms with Gasteiger partial charge in [0.05, 0.1) is 37.5 Å². The van der Waals surface area contributed by atoms with E-state index in [0.29, 0.717) is 36.1 Å². The molecule has 2 aromatic rings. The average Bonchev–Trinajstić information content (AvgIpc) is 3.23. The van der Waals surface area contributed by atoms with Crippen molar-refractivity contribution in [3.8, 4) is 17.2 Å². The van der Waals surface area contributed by atoms with E-state index < -0.39 is 11.9 Å². The maximum Gasteiger partial charge on any atom is 0.355 e. The third-order valence-corrected chi connectivity index (χ3v) is 4.57. The molecular weight excluding hydrogens is 390 g/mol. The van der Waals surface area contributed by atoms with Crippen LogP contribution >= 0.6 is 0 Å². The van der Waals surface area contributed by atoms with E-state index in [0.717, 1.165) is 0 Å². The van der Waals surface area contributed by atoms with Gasteiger partial charge in [-0.2, -0.15) is 0 Å². The van der Waals surface area contributed by atoms with Gasteiger partial charge in [0.15, 0.2) is 11.5 Å². The number of carbonyl (C=O) groups excluding carboxylic acids is 2. The van der Waals surface area contributed by atoms with Crippen LogP contribution in [0.15, 0.2) is 66.6 Å². The molecule has 0 radical (unpaired) electrons. The van der Waals surface area contributed by atoms with E-state index in [-0.39, 0.29) is 11.3 Å². The molecule has 2 aliphatic heterocycles. The number of allylic oxidation sites excluding steroid dienone is 2. The van der Waals surface area contributed by atoms with Crippen LogP contribution in [0.3, 0.4) is 0 Å². The number of ether oxygens (including phenoxy) is 4. The molecule has 9 nitrogen and oxygen atoms in total. The molecule has 4 rings (SSSR count). The van der Waals surface area contributed by atoms with E-state index in [1.165, 1.54) is 20.3 Å². The lowest BCUT2D eigenvalue weighted by Crippen LogP contribution is -2.28. The quantitative estimate of drug-likeness (QED) is 0.710. The molecule has 1 aromatic carbocycles. The summed E-state index contributed by atoms with van der Waals surface area (Å²) in [6.07, 6.45) is 11.5. The molecule has 0 spiro atoms. The minimum atomic E-state index is -0.696. The molecule has 0 atom stereocenters. The first-order valence-corrected chi connectivity index (χ1v) is 9.11. The third kappa shape index (κ3) is 3.41. The largest absolute Gasteiger partial charge is 0.486 e. The molecule has 154 valence electrons. The first-order valence-electron chi connectivity index (χ1n) is 9.11. The number of anilines is 1. The molecule has 0 bridgehead atoms. The monoisotopic (exact) mass is 409 g/mol. The predicted octanol–water partition coefficient (Wildman–Crippen LogP) is 2.13. The lowest BCUT2D eigenvalue weighted by Gasteiger charge is -2.28. The molecule has 9 heteroatoms. The van der Waals surface area contributed by atoms with Crippen molar-refractivity contribution in [2.24, 2.45) is 0 Å². The Labute approximate surface area is 172 Å². The van der Waals surface area contributed by atoms with E-state index in [1.807, 2.05) is 0 Å². The highest BCUT2D eigenvalue weighted by Gasteiger charge is 2.30. The van der Waals surface area contributed by atoms with E-state index in [4.69, 9.17) is 18.9 Å². The van der Waals surface area contributed by atoms with Crippen LogP contribution < -0.4 is 14.4 Å². The van der Waals surface area contributed by atoms with Gasteiger partial charge in [-0.25, -0.2) is 14.6 Å². The summed E-state index contributed by atoms with van der Waals surface area (Å²) in [5, 5.41) is 0. The van der Waals surface area contributed by atoms with Gasteiger partial charge < -0.3 is 28.4 Å². The number of aromatic nitrogens is 2. The summed E-state index contributed by atoms with van der Waals surface area (Å²) in [7, 11) is 2.50. The van der Waals surface area contributed by atoms with Crippen LogP contribution in [0.4, 0.5) is 5.69 Å². The zero-order valence-electron chi connectivity index (χ0n) is 16.4. The third-order valence-electron chi connectivity index (χ3n) is 4.57. The second kappa shape index (κ2) is 8.16. The molecule has 0 saturated heterocycles. The van der Waals surface area contributed by atoms with Crippen LogP contribution in [0, 0.1) is 0 Å². The zero-order chi connectivity index (χ0) is 21.1. The Kier molecular flexibility index (Phi) is 5.25. The molecule has 1 aromatic heterocycles. The lowest BCUT2D eigenvalue weighted by molar-refractivity contribution is -0.139. The minimum absolute atomic E-state index is 0.00685. The van der Waals surface area contributed by atoms with Gasteiger partial charge in [0.25, 0.3) is 0 Å². The molecule has 3 heterocycles. The fraction of sp³-hybridized carbons (Fsp3) is 0.190. The number of benzene rings is 1. The van der Waals surface area contributed by atoms with Crippen molar-refractivity contribution >= 4 is 17.6 Å². The standard InChI is InChI=1S/C21H19N3O6/c1-27-20(25)14-5-3-4-7-24(19(14)21(26)28-2)16-12-18-17(29-9-10-30-18)11-15(16)23-8-6-22-13-23/h3-8,11-13H,9-10H2,1-2H3. The van der Waals surface area contributed by atoms with Crippen molar-refractivity contribution in [3.05, 3.63) is 66.6 Å². The maximum absolute atomic E-state index is 12.7. The fourth-order valence-electron chi connectivity index (χ4n) is 3.22. The number of imidazole rings is 1. The van der Waals surface area contributed by atoms with Crippen molar-refractivity contribution in [2.45, 2.75) is 0 Å². The Morgan fingerprint density at radius 1 is 1.00 bits per heavy atom. The van der Waals surface area contributed by atoms with Crippen LogP contribution in [0.1, 0.15) is 0 Å². The van der Waals surface area contributed by atoms with E-state index in [2.05, 4.69) is 4.98 Å². The highest BCUT2D eigenvalue weighted by molar-refractivity contribution is 6.05. The van der Waals surface area contributed by atoms with Crippen molar-refractivity contribution in [1.82, 2.24) is 9.55 Å². The summed E-state index contributed by atoms with van der Waals surface area (Å²) >= 11 is 0. The van der Waals surface area contributed by atoms with Gasteiger partial charge in [-0.1, -0.05) is 6.08 Å². The highest BCUT2D eigenvalue weighted by Crippen LogP contribution is 2.41. The molecule has 2 aliphatic rings. The molecule has 0 aliphatic carbocycles. The first kappa shape index (κ1) is 19.3. The normalized spacial score (nSPS) is 15.1. The molecular formula is C21H19N3O6. The first-order chi connectivity index (χ1) is 14.6. The van der Waals surface area contributed by atoms with Crippen LogP contribution in [0.2, 0.25) is 0 Å². The molecule has 0 fully saturated rings. The Balaban J connectivity index is 1.97. The number of carbonyl (C=O) groups is 2. The summed E-state index contributed by atoms with van der Waals surface area (Å²) in [6, 6.07) is 3.54. The number of hydrogen-bond donors (Lipinski definition) is 0. The van der Waals surface area contributed by atoms with Gasteiger partial charge in [0.2, 0.25) is 0 Å². The number of nitrogens with zero attached hydrogens (tertiary/aromatic N) is 3. The zero-order valence-corrected chi connectivity index (χ0v) is 16.4. The lowest BCUT2D eigenvalue weighted by atomic mass is 10.1. The predicted molar refractivity (Wildman–Crippen MR) is 106 cm³/mol. The maximum atomic E-state index is 12.7. The molecule has 0 unspecified atom stereocenters. The highest BCUT2D eigenvalue weighted by atomic mass is 16.6. The van der Waals surface area contributed by atoms with Gasteiger partial charge in [0, 0.05) is 30.7 Å². The minimum Gasteiger partial charge on any atom is -0.486 e. The van der Waals surface area contributed by atoms with E-state index in [1.54, 1.807) is 58.7 Å². The van der Waals surface area contributed by atoms with Crippen molar-refractivity contribution in [1.29, 1.82) is 0 Å². The van der Waals surface area contributed by atoms with Gasteiger partial charge in [0.1, 0.15) is 18.9 Å². The van der Waals surface area contributed by atoms with Crippen LogP contribution in [0.25, 0.3) is 5.69 Å². The fourth-order valence-corrected chi connectivity index (χ4v) is 3.22. The van der Waals surface area contributed by atoms with Crippen molar-refractivity contribution in [2.75, 3.05) is 32.3 Å². The topological polar surface area (TPSA) is 92.1 Å². The second-order valence-electron chi connectivity index (χ2n) is 6.27. The summed E-state index contributed by atoms with van der Waals surface area (Å²) in [4.78, 5) is 30.8. The number of esters is 2. The van der Waals surface area contributed by atoms with Gasteiger partial charge in [-0.3, -0.25) is 0 Å². The van der Waals surface area contributed by atoms with Crippen LogP contribution in [-0.2, 0) is 19.1 Å². The molecule has 0 saturated carbocycles. The van der Waals surface area contributed by atoms with E-state index >= 15 is 0 Å². The Morgan fingerprint density at radius 3 is 2.33 bits per heavy atom. The SMILES string of the molecule is COC(=O)C1=C(C(=O)OC)N(c2cc3c(cc2-n2ccnc2)OCCO3)C=CC=C1. The van der Waals surface area contributed by atoms with Crippen molar-refractivity contribution in [3.63, 3.8) is 0 Å². The summed E-state index contributed by atoms with van der Waals surface area (Å²) < 4.78 is 23.1. The van der Waals surface area contributed by atoms with Crippen LogP contribution in [0.5, 0.6) is 11.5 Å². The Bertz CT molecular complexity index is 1070. The van der Waals surface area contributed by atoms with Crippen molar-refractivity contribution < 1.29 is 28.5 Å². The number of methoxy groups -OCH3 is 2. The summed E-state index contributed by atoms with van der Waals surface area (Å²) in [5.41, 5.74) is 1.28. The summed E-state index contributed by atoms with van der Waals surface area (Å²) in [6.45, 7) is 0.838. The Morgan fingerprint density at radius 2 is 1.70 bits per heavy atom. The van der Waals surface area contributed by atoms with Gasteiger partial charge in [-0.15, -0.1) is 0 Å². The average molecular weight is 409 g/mol. The molecule has 0 amide bonds. The molecule has 0 N–H and O–H groups in total. The number of fused-ring (bicyclic) bond motifs is 1. The van der Waals surface area contributed by atoms with Crippen LogP contribution in [-0.4, -0.2) is 48.9 Å². The van der Waals surface area contributed by atoms with Gasteiger partial charge in [-0.05, 0) is 12.2 Å². The number of hydrogen-bond acceptors (Lipinski definition) is 8.